The van der Waals surface area contributed by atoms with E-state index in [2.05, 4.69) is 48.5 Å². The lowest BCUT2D eigenvalue weighted by molar-refractivity contribution is 0.403. The SMILES string of the molecule is CCNC(=NCCCN(C)C)NC1CC1C.I. The van der Waals surface area contributed by atoms with Crippen molar-refractivity contribution in [3.8, 4) is 0 Å². The van der Waals surface area contributed by atoms with Gasteiger partial charge in [0.05, 0.1) is 0 Å². The Balaban J connectivity index is 0.00000256. The molecule has 2 unspecified atom stereocenters. The highest BCUT2D eigenvalue weighted by atomic mass is 127. The highest BCUT2D eigenvalue weighted by Crippen LogP contribution is 2.28. The second kappa shape index (κ2) is 8.97. The Morgan fingerprint density at radius 2 is 2.06 bits per heavy atom. The van der Waals surface area contributed by atoms with Gasteiger partial charge in [-0.15, -0.1) is 24.0 Å². The van der Waals surface area contributed by atoms with Crippen LogP contribution in [-0.2, 0) is 0 Å². The van der Waals surface area contributed by atoms with Gasteiger partial charge >= 0.3 is 0 Å². The van der Waals surface area contributed by atoms with Gasteiger partial charge < -0.3 is 15.5 Å². The van der Waals surface area contributed by atoms with E-state index in [1.807, 2.05) is 0 Å². The summed E-state index contributed by atoms with van der Waals surface area (Å²) in [6.07, 6.45) is 2.39. The molecule has 1 aliphatic carbocycles. The molecule has 0 aromatic carbocycles. The van der Waals surface area contributed by atoms with E-state index in [-0.39, 0.29) is 24.0 Å². The van der Waals surface area contributed by atoms with Crippen molar-refractivity contribution in [2.75, 3.05) is 33.7 Å². The van der Waals surface area contributed by atoms with Crippen LogP contribution in [0.25, 0.3) is 0 Å². The topological polar surface area (TPSA) is 39.7 Å². The average Bonchev–Trinajstić information content (AvgIpc) is 2.89. The van der Waals surface area contributed by atoms with Crippen LogP contribution in [0.3, 0.4) is 0 Å². The molecule has 17 heavy (non-hydrogen) atoms. The largest absolute Gasteiger partial charge is 0.357 e. The quantitative estimate of drug-likeness (QED) is 0.329. The van der Waals surface area contributed by atoms with Crippen molar-refractivity contribution in [2.45, 2.75) is 32.7 Å². The predicted octanol–water partition coefficient (Wildman–Crippen LogP) is 1.52. The summed E-state index contributed by atoms with van der Waals surface area (Å²) >= 11 is 0. The predicted molar refractivity (Wildman–Crippen MR) is 85.3 cm³/mol. The summed E-state index contributed by atoms with van der Waals surface area (Å²) in [6.45, 7) is 7.30. The number of hydrogen-bond donors (Lipinski definition) is 2. The molecule has 0 saturated heterocycles. The molecule has 0 bridgehead atoms. The molecule has 4 nitrogen and oxygen atoms in total. The Morgan fingerprint density at radius 3 is 2.53 bits per heavy atom. The van der Waals surface area contributed by atoms with Crippen molar-refractivity contribution in [3.05, 3.63) is 0 Å². The van der Waals surface area contributed by atoms with Gasteiger partial charge in [-0.1, -0.05) is 6.92 Å². The monoisotopic (exact) mass is 354 g/mol. The Hall–Kier alpha value is -0.0400. The molecule has 0 aromatic rings. The van der Waals surface area contributed by atoms with E-state index in [1.54, 1.807) is 0 Å². The molecule has 1 aliphatic rings. The maximum atomic E-state index is 4.57. The first-order valence-electron chi connectivity index (χ1n) is 6.33. The molecule has 5 heteroatoms. The second-order valence-electron chi connectivity index (χ2n) is 4.88. The smallest absolute Gasteiger partial charge is 0.191 e. The first-order chi connectivity index (χ1) is 7.63. The molecule has 0 aromatic heterocycles. The Kier molecular flexibility index (Phi) is 8.94. The third kappa shape index (κ3) is 7.81. The summed E-state index contributed by atoms with van der Waals surface area (Å²) in [5.41, 5.74) is 0. The van der Waals surface area contributed by atoms with Crippen molar-refractivity contribution < 1.29 is 0 Å². The van der Waals surface area contributed by atoms with Crippen molar-refractivity contribution >= 4 is 29.9 Å². The van der Waals surface area contributed by atoms with E-state index in [9.17, 15) is 0 Å². The normalized spacial score (nSPS) is 23.2. The van der Waals surface area contributed by atoms with E-state index in [4.69, 9.17) is 0 Å². The van der Waals surface area contributed by atoms with Crippen LogP contribution in [-0.4, -0.2) is 50.6 Å². The molecule has 0 amide bonds. The lowest BCUT2D eigenvalue weighted by Crippen LogP contribution is -2.39. The fourth-order valence-corrected chi connectivity index (χ4v) is 1.60. The first-order valence-corrected chi connectivity index (χ1v) is 6.33. The molecule has 0 radical (unpaired) electrons. The van der Waals surface area contributed by atoms with Gasteiger partial charge in [-0.05, 0) is 46.3 Å². The highest BCUT2D eigenvalue weighted by molar-refractivity contribution is 14.0. The number of rotatable bonds is 6. The molecule has 0 aliphatic heterocycles. The van der Waals surface area contributed by atoms with Gasteiger partial charge in [0.2, 0.25) is 0 Å². The van der Waals surface area contributed by atoms with Crippen molar-refractivity contribution in [1.82, 2.24) is 15.5 Å². The van der Waals surface area contributed by atoms with Crippen LogP contribution in [0.1, 0.15) is 26.7 Å². The lowest BCUT2D eigenvalue weighted by atomic mass is 10.4. The molecule has 0 heterocycles. The van der Waals surface area contributed by atoms with E-state index >= 15 is 0 Å². The molecule has 1 saturated carbocycles. The molecule has 102 valence electrons. The molecule has 1 rings (SSSR count). The van der Waals surface area contributed by atoms with E-state index in [0.29, 0.717) is 6.04 Å². The molecular formula is C12H27IN4. The maximum absolute atomic E-state index is 4.57. The number of nitrogens with one attached hydrogen (secondary N) is 2. The van der Waals surface area contributed by atoms with Crippen LogP contribution in [0.15, 0.2) is 4.99 Å². The number of hydrogen-bond acceptors (Lipinski definition) is 2. The van der Waals surface area contributed by atoms with Gasteiger partial charge in [-0.25, -0.2) is 0 Å². The summed E-state index contributed by atoms with van der Waals surface area (Å²) in [5.74, 6) is 1.79. The van der Waals surface area contributed by atoms with Gasteiger partial charge in [-0.2, -0.15) is 0 Å². The van der Waals surface area contributed by atoms with E-state index in [1.165, 1.54) is 6.42 Å². The summed E-state index contributed by atoms with van der Waals surface area (Å²) in [7, 11) is 4.19. The summed E-state index contributed by atoms with van der Waals surface area (Å²) in [6, 6.07) is 0.645. The number of halogens is 1. The zero-order chi connectivity index (χ0) is 12.0. The number of guanidine groups is 1. The molecule has 2 atom stereocenters. The minimum absolute atomic E-state index is 0. The van der Waals surface area contributed by atoms with Gasteiger partial charge in [0.25, 0.3) is 0 Å². The fourth-order valence-electron chi connectivity index (χ4n) is 1.60. The summed E-state index contributed by atoms with van der Waals surface area (Å²) in [5, 5.41) is 6.74. The third-order valence-electron chi connectivity index (χ3n) is 2.81. The Labute approximate surface area is 123 Å². The molecular weight excluding hydrogens is 327 g/mol. The average molecular weight is 354 g/mol. The molecule has 2 N–H and O–H groups in total. The van der Waals surface area contributed by atoms with Crippen LogP contribution in [0.4, 0.5) is 0 Å². The first kappa shape index (κ1) is 17.0. The van der Waals surface area contributed by atoms with Gasteiger partial charge in [-0.3, -0.25) is 4.99 Å². The van der Waals surface area contributed by atoms with Gasteiger partial charge in [0.1, 0.15) is 0 Å². The van der Waals surface area contributed by atoms with Crippen LogP contribution in [0.5, 0.6) is 0 Å². The highest BCUT2D eigenvalue weighted by Gasteiger charge is 2.33. The maximum Gasteiger partial charge on any atom is 0.191 e. The fraction of sp³-hybridized carbons (Fsp3) is 0.917. The summed E-state index contributed by atoms with van der Waals surface area (Å²) in [4.78, 5) is 6.76. The van der Waals surface area contributed by atoms with Crippen molar-refractivity contribution in [2.24, 2.45) is 10.9 Å². The van der Waals surface area contributed by atoms with E-state index in [0.717, 1.165) is 37.9 Å². The van der Waals surface area contributed by atoms with Crippen LogP contribution in [0.2, 0.25) is 0 Å². The minimum atomic E-state index is 0. The van der Waals surface area contributed by atoms with Crippen LogP contribution < -0.4 is 10.6 Å². The third-order valence-corrected chi connectivity index (χ3v) is 2.81. The summed E-state index contributed by atoms with van der Waals surface area (Å²) < 4.78 is 0. The van der Waals surface area contributed by atoms with Crippen molar-refractivity contribution in [1.29, 1.82) is 0 Å². The number of aliphatic imine (C=N–C) groups is 1. The van der Waals surface area contributed by atoms with Crippen LogP contribution in [0, 0.1) is 5.92 Å². The Morgan fingerprint density at radius 1 is 1.41 bits per heavy atom. The molecule has 1 fully saturated rings. The lowest BCUT2D eigenvalue weighted by Gasteiger charge is -2.11. The number of nitrogens with zero attached hydrogens (tertiary/aromatic N) is 2. The van der Waals surface area contributed by atoms with Crippen molar-refractivity contribution in [3.63, 3.8) is 0 Å². The Bertz CT molecular complexity index is 231. The standard InChI is InChI=1S/C12H26N4.HI/c1-5-13-12(15-11-9-10(11)2)14-7-6-8-16(3)4;/h10-11H,5-9H2,1-4H3,(H2,13,14,15);1H. The van der Waals surface area contributed by atoms with E-state index < -0.39 is 0 Å². The zero-order valence-corrected chi connectivity index (χ0v) is 13.8. The zero-order valence-electron chi connectivity index (χ0n) is 11.5. The van der Waals surface area contributed by atoms with Gasteiger partial charge in [0.15, 0.2) is 5.96 Å². The molecule has 0 spiro atoms. The minimum Gasteiger partial charge on any atom is -0.357 e. The van der Waals surface area contributed by atoms with Gasteiger partial charge in [0, 0.05) is 19.1 Å². The van der Waals surface area contributed by atoms with Crippen LogP contribution >= 0.6 is 24.0 Å². The second-order valence-corrected chi connectivity index (χ2v) is 4.88.